The van der Waals surface area contributed by atoms with Gasteiger partial charge in [0.05, 0.1) is 12.5 Å². The van der Waals surface area contributed by atoms with Crippen LogP contribution < -0.4 is 5.32 Å². The Morgan fingerprint density at radius 2 is 2.43 bits per heavy atom. The van der Waals surface area contributed by atoms with E-state index in [4.69, 9.17) is 4.42 Å². The van der Waals surface area contributed by atoms with Gasteiger partial charge in [-0.15, -0.1) is 5.10 Å². The molecule has 0 saturated heterocycles. The molecule has 0 aliphatic heterocycles. The van der Waals surface area contributed by atoms with E-state index in [0.717, 1.165) is 17.1 Å². The molecule has 0 bridgehead atoms. The van der Waals surface area contributed by atoms with E-state index >= 15 is 0 Å². The van der Waals surface area contributed by atoms with Gasteiger partial charge in [0, 0.05) is 19.2 Å². The summed E-state index contributed by atoms with van der Waals surface area (Å²) in [5, 5.41) is 10.9. The fraction of sp³-hybridized carbons (Fsp3) is 0.333. The number of hydrogen-bond acceptors (Lipinski definition) is 4. The van der Waals surface area contributed by atoms with Gasteiger partial charge in [0.15, 0.2) is 5.82 Å². The van der Waals surface area contributed by atoms with Crippen LogP contribution >= 0.6 is 0 Å². The van der Waals surface area contributed by atoms with Crippen molar-refractivity contribution in [3.05, 3.63) is 29.9 Å². The number of nitrogens with zero attached hydrogens (tertiary/aromatic N) is 3. The highest BCUT2D eigenvalue weighted by Crippen LogP contribution is 2.10. The number of aryl methyl sites for hydroxylation is 2. The maximum atomic E-state index is 5.18. The summed E-state index contributed by atoms with van der Waals surface area (Å²) in [5.41, 5.74) is 1.13. The highest BCUT2D eigenvalue weighted by atomic mass is 16.3. The second-order valence-electron chi connectivity index (χ2n) is 3.13. The molecule has 2 aromatic heterocycles. The zero-order valence-electron chi connectivity index (χ0n) is 8.19. The van der Waals surface area contributed by atoms with Crippen molar-refractivity contribution in [2.75, 3.05) is 5.32 Å². The normalized spacial score (nSPS) is 10.4. The van der Waals surface area contributed by atoms with Crippen molar-refractivity contribution in [3.8, 4) is 0 Å². The van der Waals surface area contributed by atoms with E-state index in [0.29, 0.717) is 6.54 Å². The van der Waals surface area contributed by atoms with Crippen LogP contribution in [0, 0.1) is 6.92 Å². The number of furan rings is 1. The zero-order valence-corrected chi connectivity index (χ0v) is 8.19. The fourth-order valence-corrected chi connectivity index (χ4v) is 1.21. The van der Waals surface area contributed by atoms with Gasteiger partial charge in [-0.25, -0.2) is 0 Å². The smallest absolute Gasteiger partial charge is 0.168 e. The van der Waals surface area contributed by atoms with Crippen LogP contribution in [-0.4, -0.2) is 15.0 Å². The molecule has 0 unspecified atom stereocenters. The molecule has 0 spiro atoms. The summed E-state index contributed by atoms with van der Waals surface area (Å²) in [5.74, 6) is 1.70. The third-order valence-electron chi connectivity index (χ3n) is 2.03. The van der Waals surface area contributed by atoms with Gasteiger partial charge >= 0.3 is 0 Å². The van der Waals surface area contributed by atoms with Gasteiger partial charge < -0.3 is 9.73 Å². The van der Waals surface area contributed by atoms with E-state index in [2.05, 4.69) is 15.6 Å². The van der Waals surface area contributed by atoms with E-state index in [9.17, 15) is 0 Å². The van der Waals surface area contributed by atoms with Crippen molar-refractivity contribution in [1.82, 2.24) is 15.0 Å². The van der Waals surface area contributed by atoms with Crippen LogP contribution in [0.5, 0.6) is 0 Å². The number of anilines is 1. The van der Waals surface area contributed by atoms with Crippen molar-refractivity contribution in [3.63, 3.8) is 0 Å². The van der Waals surface area contributed by atoms with Gasteiger partial charge in [0.2, 0.25) is 0 Å². The quantitative estimate of drug-likeness (QED) is 0.797. The Kier molecular flexibility index (Phi) is 2.22. The van der Waals surface area contributed by atoms with E-state index in [1.54, 1.807) is 10.9 Å². The van der Waals surface area contributed by atoms with Crippen LogP contribution in [0.1, 0.15) is 11.3 Å². The molecule has 2 rings (SSSR count). The molecule has 5 nitrogen and oxygen atoms in total. The summed E-state index contributed by atoms with van der Waals surface area (Å²) in [6.45, 7) is 2.65. The highest BCUT2D eigenvalue weighted by Gasteiger charge is 2.02. The maximum absolute atomic E-state index is 5.18. The van der Waals surface area contributed by atoms with Crippen LogP contribution in [0.15, 0.2) is 22.9 Å². The van der Waals surface area contributed by atoms with Crippen molar-refractivity contribution >= 4 is 5.82 Å². The Balaban J connectivity index is 1.98. The summed E-state index contributed by atoms with van der Waals surface area (Å²) < 4.78 is 6.83. The SMILES string of the molecule is Cc1occc1CNc1cn(C)nn1. The second-order valence-corrected chi connectivity index (χ2v) is 3.13. The molecular weight excluding hydrogens is 180 g/mol. The summed E-state index contributed by atoms with van der Waals surface area (Å²) in [6, 6.07) is 1.94. The van der Waals surface area contributed by atoms with Gasteiger partial charge in [0.1, 0.15) is 5.76 Å². The lowest BCUT2D eigenvalue weighted by Crippen LogP contribution is -1.99. The van der Waals surface area contributed by atoms with Crippen LogP contribution in [0.3, 0.4) is 0 Å². The molecule has 0 atom stereocenters. The second kappa shape index (κ2) is 3.53. The molecular formula is C9H12N4O. The van der Waals surface area contributed by atoms with Crippen molar-refractivity contribution in [2.24, 2.45) is 7.05 Å². The lowest BCUT2D eigenvalue weighted by Gasteiger charge is -1.99. The molecule has 0 amide bonds. The lowest BCUT2D eigenvalue weighted by molar-refractivity contribution is 0.530. The minimum absolute atomic E-state index is 0.709. The topological polar surface area (TPSA) is 55.9 Å². The van der Waals surface area contributed by atoms with Crippen molar-refractivity contribution in [1.29, 1.82) is 0 Å². The van der Waals surface area contributed by atoms with E-state index < -0.39 is 0 Å². The van der Waals surface area contributed by atoms with Crippen LogP contribution in [0.4, 0.5) is 5.82 Å². The molecule has 0 saturated carbocycles. The van der Waals surface area contributed by atoms with E-state index in [1.807, 2.05) is 26.2 Å². The van der Waals surface area contributed by atoms with E-state index in [-0.39, 0.29) is 0 Å². The maximum Gasteiger partial charge on any atom is 0.168 e. The lowest BCUT2D eigenvalue weighted by atomic mass is 10.2. The van der Waals surface area contributed by atoms with Crippen molar-refractivity contribution in [2.45, 2.75) is 13.5 Å². The van der Waals surface area contributed by atoms with Gasteiger partial charge in [-0.1, -0.05) is 5.21 Å². The zero-order chi connectivity index (χ0) is 9.97. The Morgan fingerprint density at radius 1 is 1.57 bits per heavy atom. The molecule has 0 aromatic carbocycles. The molecule has 0 aliphatic rings. The standard InChI is InChI=1S/C9H12N4O/c1-7-8(3-4-14-7)5-10-9-6-13(2)12-11-9/h3-4,6,10H,5H2,1-2H3. The third kappa shape index (κ3) is 1.76. The Hall–Kier alpha value is -1.78. The predicted molar refractivity (Wildman–Crippen MR) is 51.8 cm³/mol. The summed E-state index contributed by atoms with van der Waals surface area (Å²) >= 11 is 0. The molecule has 14 heavy (non-hydrogen) atoms. The number of nitrogens with one attached hydrogen (secondary N) is 1. The largest absolute Gasteiger partial charge is 0.469 e. The van der Waals surface area contributed by atoms with Crippen LogP contribution in [0.25, 0.3) is 0 Å². The monoisotopic (exact) mass is 192 g/mol. The third-order valence-corrected chi connectivity index (χ3v) is 2.03. The van der Waals surface area contributed by atoms with Gasteiger partial charge in [0.25, 0.3) is 0 Å². The van der Waals surface area contributed by atoms with Gasteiger partial charge in [-0.2, -0.15) is 0 Å². The number of aromatic nitrogens is 3. The minimum atomic E-state index is 0.709. The van der Waals surface area contributed by atoms with Crippen molar-refractivity contribution < 1.29 is 4.42 Å². The van der Waals surface area contributed by atoms with Crippen LogP contribution in [-0.2, 0) is 13.6 Å². The molecule has 0 radical (unpaired) electrons. The molecule has 0 fully saturated rings. The van der Waals surface area contributed by atoms with Gasteiger partial charge in [-0.3, -0.25) is 4.68 Å². The average Bonchev–Trinajstić information content (AvgIpc) is 2.72. The predicted octanol–water partition coefficient (Wildman–Crippen LogP) is 1.33. The first kappa shape index (κ1) is 8.80. The summed E-state index contributed by atoms with van der Waals surface area (Å²) in [7, 11) is 1.83. The summed E-state index contributed by atoms with van der Waals surface area (Å²) in [4.78, 5) is 0. The fourth-order valence-electron chi connectivity index (χ4n) is 1.21. The first-order valence-electron chi connectivity index (χ1n) is 4.39. The van der Waals surface area contributed by atoms with Gasteiger partial charge in [-0.05, 0) is 13.0 Å². The Bertz CT molecular complexity index is 418. The Morgan fingerprint density at radius 3 is 3.00 bits per heavy atom. The minimum Gasteiger partial charge on any atom is -0.469 e. The molecule has 2 heterocycles. The summed E-state index contributed by atoms with van der Waals surface area (Å²) in [6.07, 6.45) is 3.51. The molecule has 5 heteroatoms. The van der Waals surface area contributed by atoms with Crippen LogP contribution in [0.2, 0.25) is 0 Å². The molecule has 74 valence electrons. The highest BCUT2D eigenvalue weighted by molar-refractivity contribution is 5.31. The number of rotatable bonds is 3. The Labute approximate surface area is 81.7 Å². The first-order valence-corrected chi connectivity index (χ1v) is 4.39. The molecule has 1 N–H and O–H groups in total. The van der Waals surface area contributed by atoms with E-state index in [1.165, 1.54) is 0 Å². The molecule has 0 aliphatic carbocycles. The molecule has 2 aromatic rings. The average molecular weight is 192 g/mol. The first-order chi connectivity index (χ1) is 6.75. The number of hydrogen-bond donors (Lipinski definition) is 1.